The van der Waals surface area contributed by atoms with Gasteiger partial charge in [-0.05, 0) is 26.7 Å². The van der Waals surface area contributed by atoms with Crippen LogP contribution in [0.3, 0.4) is 0 Å². The van der Waals surface area contributed by atoms with Crippen molar-refractivity contribution in [1.82, 2.24) is 24.8 Å². The Balaban J connectivity index is 1.42. The maximum Gasteiger partial charge on any atom is 0.243 e. The molecule has 1 aliphatic carbocycles. The zero-order chi connectivity index (χ0) is 16.0. The molecule has 1 aliphatic heterocycles. The first-order chi connectivity index (χ1) is 11.1. The Kier molecular flexibility index (Phi) is 3.41. The third-order valence-corrected chi connectivity index (χ3v) is 4.56. The molecule has 1 N–H and O–H groups in total. The van der Waals surface area contributed by atoms with Gasteiger partial charge in [-0.15, -0.1) is 10.2 Å². The van der Waals surface area contributed by atoms with Gasteiger partial charge in [-0.2, -0.15) is 0 Å². The fraction of sp³-hybridized carbons (Fsp3) is 0.600. The Labute approximate surface area is 133 Å². The van der Waals surface area contributed by atoms with Crippen LogP contribution in [0.25, 0.3) is 0 Å². The van der Waals surface area contributed by atoms with Gasteiger partial charge in [0.05, 0.1) is 18.3 Å². The normalized spacial score (nSPS) is 19.4. The molecule has 3 heterocycles. The summed E-state index contributed by atoms with van der Waals surface area (Å²) in [6.07, 6.45) is 2.44. The van der Waals surface area contributed by atoms with Crippen molar-refractivity contribution in [3.63, 3.8) is 0 Å². The summed E-state index contributed by atoms with van der Waals surface area (Å²) in [4.78, 5) is 14.5. The summed E-state index contributed by atoms with van der Waals surface area (Å²) in [6.45, 7) is 6.01. The van der Waals surface area contributed by atoms with Crippen LogP contribution in [0.1, 0.15) is 43.0 Å². The Morgan fingerprint density at radius 2 is 2.22 bits per heavy atom. The van der Waals surface area contributed by atoms with Crippen molar-refractivity contribution in [3.8, 4) is 0 Å². The van der Waals surface area contributed by atoms with Gasteiger partial charge in [-0.1, -0.05) is 5.16 Å². The highest BCUT2D eigenvalue weighted by Crippen LogP contribution is 2.39. The third-order valence-electron chi connectivity index (χ3n) is 4.56. The molecule has 2 aromatic heterocycles. The highest BCUT2D eigenvalue weighted by molar-refractivity contribution is 5.93. The molecular formula is C15H20N6O2. The van der Waals surface area contributed by atoms with Crippen LogP contribution < -0.4 is 5.32 Å². The predicted octanol–water partition coefficient (Wildman–Crippen LogP) is 1.29. The minimum atomic E-state index is -0.268. The van der Waals surface area contributed by atoms with Crippen LogP contribution in [-0.4, -0.2) is 43.3 Å². The van der Waals surface area contributed by atoms with Crippen molar-refractivity contribution in [3.05, 3.63) is 23.4 Å². The van der Waals surface area contributed by atoms with Crippen LogP contribution in [0.5, 0.6) is 0 Å². The number of aromatic nitrogens is 4. The van der Waals surface area contributed by atoms with Crippen LogP contribution in [0, 0.1) is 6.92 Å². The highest BCUT2D eigenvalue weighted by atomic mass is 16.5. The number of aryl methyl sites for hydroxylation is 1. The van der Waals surface area contributed by atoms with Gasteiger partial charge >= 0.3 is 0 Å². The fourth-order valence-electron chi connectivity index (χ4n) is 2.99. The van der Waals surface area contributed by atoms with Gasteiger partial charge in [0.25, 0.3) is 0 Å². The van der Waals surface area contributed by atoms with Crippen LogP contribution in [-0.2, 0) is 17.9 Å². The second-order valence-corrected chi connectivity index (χ2v) is 6.37. The largest absolute Gasteiger partial charge is 0.338 e. The first-order valence-corrected chi connectivity index (χ1v) is 8.02. The molecule has 2 aromatic rings. The van der Waals surface area contributed by atoms with Crippen molar-refractivity contribution >= 4 is 11.8 Å². The maximum absolute atomic E-state index is 12.4. The van der Waals surface area contributed by atoms with Crippen molar-refractivity contribution < 1.29 is 9.32 Å². The standard InChI is InChI=1S/C15H20N6O2/c1-9-7-13(23-19-9)16-15(22)10(2)20-5-6-21-12(8-20)17-18-14(21)11-3-4-11/h7,10-11H,3-6,8H2,1-2H3,(H,16,22)/t10-/m1/s1. The summed E-state index contributed by atoms with van der Waals surface area (Å²) in [7, 11) is 0. The van der Waals surface area contributed by atoms with E-state index in [2.05, 4.69) is 30.1 Å². The summed E-state index contributed by atoms with van der Waals surface area (Å²) in [5.74, 6) is 2.95. The molecule has 122 valence electrons. The number of hydrogen-bond acceptors (Lipinski definition) is 6. The number of rotatable bonds is 4. The van der Waals surface area contributed by atoms with Crippen LogP contribution in [0.15, 0.2) is 10.6 Å². The van der Waals surface area contributed by atoms with E-state index in [1.54, 1.807) is 6.07 Å². The lowest BCUT2D eigenvalue weighted by Crippen LogP contribution is -2.46. The van der Waals surface area contributed by atoms with E-state index in [1.165, 1.54) is 12.8 Å². The topological polar surface area (TPSA) is 89.1 Å². The molecule has 23 heavy (non-hydrogen) atoms. The van der Waals surface area contributed by atoms with Gasteiger partial charge in [-0.3, -0.25) is 15.0 Å². The monoisotopic (exact) mass is 316 g/mol. The first-order valence-electron chi connectivity index (χ1n) is 8.02. The second kappa shape index (κ2) is 5.45. The van der Waals surface area contributed by atoms with Crippen LogP contribution in [0.4, 0.5) is 5.88 Å². The highest BCUT2D eigenvalue weighted by Gasteiger charge is 2.33. The average molecular weight is 316 g/mol. The van der Waals surface area contributed by atoms with Gasteiger partial charge in [0.1, 0.15) is 11.6 Å². The molecule has 8 heteroatoms. The van der Waals surface area contributed by atoms with Crippen molar-refractivity contribution in [1.29, 1.82) is 0 Å². The lowest BCUT2D eigenvalue weighted by atomic mass is 10.2. The van der Waals surface area contributed by atoms with E-state index in [9.17, 15) is 4.79 Å². The van der Waals surface area contributed by atoms with Gasteiger partial charge in [0.2, 0.25) is 11.8 Å². The van der Waals surface area contributed by atoms with Crippen LogP contribution >= 0.6 is 0 Å². The van der Waals surface area contributed by atoms with E-state index >= 15 is 0 Å². The number of nitrogens with zero attached hydrogens (tertiary/aromatic N) is 5. The third kappa shape index (κ3) is 2.74. The van der Waals surface area contributed by atoms with Gasteiger partial charge < -0.3 is 9.09 Å². The Bertz CT molecular complexity index is 732. The van der Waals surface area contributed by atoms with Crippen molar-refractivity contribution in [2.24, 2.45) is 0 Å². The van der Waals surface area contributed by atoms with Crippen molar-refractivity contribution in [2.45, 2.75) is 51.7 Å². The summed E-state index contributed by atoms with van der Waals surface area (Å²) in [5.41, 5.74) is 0.742. The molecule has 2 aliphatic rings. The Morgan fingerprint density at radius 3 is 2.91 bits per heavy atom. The number of amides is 1. The number of carbonyl (C=O) groups excluding carboxylic acids is 1. The molecule has 1 saturated carbocycles. The number of hydrogen-bond donors (Lipinski definition) is 1. The average Bonchev–Trinajstić information content (AvgIpc) is 3.17. The summed E-state index contributed by atoms with van der Waals surface area (Å²) < 4.78 is 7.26. The minimum Gasteiger partial charge on any atom is -0.338 e. The van der Waals surface area contributed by atoms with Gasteiger partial charge in [0.15, 0.2) is 0 Å². The van der Waals surface area contributed by atoms with E-state index in [0.717, 1.165) is 30.4 Å². The van der Waals surface area contributed by atoms with Gasteiger partial charge in [0, 0.05) is 25.1 Å². The summed E-state index contributed by atoms with van der Waals surface area (Å²) >= 11 is 0. The molecule has 0 bridgehead atoms. The number of carbonyl (C=O) groups is 1. The molecule has 1 fully saturated rings. The zero-order valence-electron chi connectivity index (χ0n) is 13.3. The quantitative estimate of drug-likeness (QED) is 0.914. The molecule has 1 amide bonds. The van der Waals surface area contributed by atoms with E-state index in [-0.39, 0.29) is 11.9 Å². The minimum absolute atomic E-state index is 0.100. The molecule has 1 atom stereocenters. The fourth-order valence-corrected chi connectivity index (χ4v) is 2.99. The molecule has 8 nitrogen and oxygen atoms in total. The SMILES string of the molecule is Cc1cc(NC(=O)[C@@H](C)N2CCn3c(nnc3C3CC3)C2)on1. The van der Waals surface area contributed by atoms with Gasteiger partial charge in [-0.25, -0.2) is 0 Å². The molecule has 0 saturated heterocycles. The maximum atomic E-state index is 12.4. The Hall–Kier alpha value is -2.22. The van der Waals surface area contributed by atoms with Crippen LogP contribution in [0.2, 0.25) is 0 Å². The smallest absolute Gasteiger partial charge is 0.243 e. The first kappa shape index (κ1) is 14.4. The number of nitrogens with one attached hydrogen (secondary N) is 1. The molecule has 0 radical (unpaired) electrons. The van der Waals surface area contributed by atoms with E-state index in [0.29, 0.717) is 18.3 Å². The number of anilines is 1. The second-order valence-electron chi connectivity index (χ2n) is 6.37. The van der Waals surface area contributed by atoms with E-state index in [4.69, 9.17) is 4.52 Å². The number of fused-ring (bicyclic) bond motifs is 1. The molecule has 0 aromatic carbocycles. The molecule has 0 spiro atoms. The summed E-state index contributed by atoms with van der Waals surface area (Å²) in [5, 5.41) is 15.2. The lowest BCUT2D eigenvalue weighted by Gasteiger charge is -2.31. The Morgan fingerprint density at radius 1 is 1.39 bits per heavy atom. The molecule has 4 rings (SSSR count). The predicted molar refractivity (Wildman–Crippen MR) is 81.7 cm³/mol. The van der Waals surface area contributed by atoms with E-state index < -0.39 is 0 Å². The lowest BCUT2D eigenvalue weighted by molar-refractivity contribution is -0.121. The van der Waals surface area contributed by atoms with E-state index in [1.807, 2.05) is 13.8 Å². The van der Waals surface area contributed by atoms with Crippen molar-refractivity contribution in [2.75, 3.05) is 11.9 Å². The molecule has 0 unspecified atom stereocenters. The summed E-state index contributed by atoms with van der Waals surface area (Å²) in [6, 6.07) is 1.44. The zero-order valence-corrected chi connectivity index (χ0v) is 13.3. The molecular weight excluding hydrogens is 296 g/mol.